The lowest BCUT2D eigenvalue weighted by Crippen LogP contribution is -2.41. The van der Waals surface area contributed by atoms with Crippen LogP contribution in [-0.2, 0) is 67.1 Å². The monoisotopic (exact) mass is 1080 g/mol. The number of ketones is 6. The quantitative estimate of drug-likeness (QED) is 0.0205. The Balaban J connectivity index is 0.000000453. The first-order valence-corrected chi connectivity index (χ1v) is 27.1. The molecule has 1 saturated carbocycles. The molecule has 2 heterocycles. The lowest BCUT2D eigenvalue weighted by Gasteiger charge is -2.17. The van der Waals surface area contributed by atoms with E-state index >= 15 is 0 Å². The van der Waals surface area contributed by atoms with Gasteiger partial charge in [0.25, 0.3) is 0 Å². The predicted molar refractivity (Wildman–Crippen MR) is 277 cm³/mol. The van der Waals surface area contributed by atoms with Crippen molar-refractivity contribution in [2.75, 3.05) is 63.9 Å². The first-order valence-electron chi connectivity index (χ1n) is 25.4. The number of likely N-dealkylation sites (tertiary alicyclic amines) is 2. The van der Waals surface area contributed by atoms with Crippen LogP contribution in [0.1, 0.15) is 123 Å². The van der Waals surface area contributed by atoms with Crippen molar-refractivity contribution in [3.05, 3.63) is 12.2 Å². The molecule has 0 spiro atoms. The third kappa shape index (κ3) is 25.2. The number of hydrogen-bond donors (Lipinski definition) is 7. The first kappa shape index (κ1) is 64.7. The number of nitrogens with zero attached hydrogens (tertiary/aromatic N) is 2. The van der Waals surface area contributed by atoms with Gasteiger partial charge in [-0.2, -0.15) is 24.4 Å². The number of nitrogens with two attached hydrogens (primary N) is 2. The Morgan fingerprint density at radius 1 is 0.595 bits per heavy atom. The second kappa shape index (κ2) is 35.7. The Labute approximate surface area is 442 Å². The van der Waals surface area contributed by atoms with Crippen LogP contribution >= 0.6 is 24.4 Å². The lowest BCUT2D eigenvalue weighted by molar-refractivity contribution is -0.140. The average molecular weight is 1080 g/mol. The molecule has 74 heavy (non-hydrogen) atoms. The third-order valence-corrected chi connectivity index (χ3v) is 13.8. The molecule has 4 rings (SSSR count). The van der Waals surface area contributed by atoms with Gasteiger partial charge in [0.2, 0.25) is 47.3 Å². The van der Waals surface area contributed by atoms with Crippen LogP contribution in [0.4, 0.5) is 0 Å². The largest absolute Gasteiger partial charge is 0.355 e. The summed E-state index contributed by atoms with van der Waals surface area (Å²) in [6, 6.07) is 0. The van der Waals surface area contributed by atoms with Crippen molar-refractivity contribution in [3.63, 3.8) is 0 Å². The highest BCUT2D eigenvalue weighted by atomic mass is 32.2. The number of thioether (sulfide) groups is 1. The van der Waals surface area contributed by atoms with Gasteiger partial charge in [-0.15, -0.1) is 0 Å². The second-order valence-electron chi connectivity index (χ2n) is 18.7. The fourth-order valence-electron chi connectivity index (χ4n) is 8.09. The molecule has 3 unspecified atom stereocenters. The number of rotatable bonds is 32. The normalized spacial score (nSPS) is 19.0. The molecule has 2 aliphatic heterocycles. The van der Waals surface area contributed by atoms with E-state index in [4.69, 9.17) is 11.5 Å². The number of amides is 8. The maximum absolute atomic E-state index is 12.5. The molecular formula is C50H76N8O14S2. The van der Waals surface area contributed by atoms with E-state index in [9.17, 15) is 67.1 Å². The fraction of sp³-hybridized carbons (Fsp3) is 0.680. The van der Waals surface area contributed by atoms with Crippen molar-refractivity contribution < 1.29 is 67.1 Å². The SMILES string of the molecule is CC1CC(=O)N(CCNC(=O)C[C@H](CC(=O)CCCCCS)C(=O)NCCN)C1=O.CC1CC(=O)N(CCNC(=O)C[C@H](CC(=O)CCCCCSC2CC(=O)CC2=O)C(=O)NCCN)C1=O.O=C1C=CC(=O)C1. The number of nitrogens with one attached hydrogen (secondary N) is 4. The Hall–Kier alpha value is -5.46. The smallest absolute Gasteiger partial charge is 0.232 e. The lowest BCUT2D eigenvalue weighted by atomic mass is 9.95. The maximum atomic E-state index is 12.5. The number of hydrogen-bond acceptors (Lipinski definition) is 18. The first-order chi connectivity index (χ1) is 35.2. The highest BCUT2D eigenvalue weighted by Gasteiger charge is 2.36. The summed E-state index contributed by atoms with van der Waals surface area (Å²) in [5.74, 6) is -3.77. The Bertz CT molecular complexity index is 2050. The van der Waals surface area contributed by atoms with Gasteiger partial charge in [0.1, 0.15) is 17.3 Å². The van der Waals surface area contributed by atoms with Gasteiger partial charge in [0, 0.05) is 122 Å². The van der Waals surface area contributed by atoms with Gasteiger partial charge in [0.15, 0.2) is 17.3 Å². The topological polar surface area (TPSA) is 346 Å². The molecule has 0 aromatic rings. The molecule has 0 aromatic heterocycles. The highest BCUT2D eigenvalue weighted by Crippen LogP contribution is 2.26. The van der Waals surface area contributed by atoms with E-state index in [-0.39, 0.29) is 191 Å². The van der Waals surface area contributed by atoms with Gasteiger partial charge >= 0.3 is 0 Å². The van der Waals surface area contributed by atoms with E-state index in [2.05, 4.69) is 33.9 Å². The molecule has 8 N–H and O–H groups in total. The summed E-state index contributed by atoms with van der Waals surface area (Å²) in [7, 11) is 0. The van der Waals surface area contributed by atoms with Crippen molar-refractivity contribution in [1.29, 1.82) is 0 Å². The standard InChI is InChI=1S/C25H38N4O7S.C20H34N4O5S.C5H4O2/c1-16-11-23(34)29(25(16)36)9-8-27-22(33)13-17(24(35)28-7-6-26)12-18(30)5-3-2-4-10-37-21-15-19(31)14-20(21)32;1-14-11-18(27)24(20(14)29)9-8-22-17(26)13-15(19(28)23-7-6-21)12-16(25)5-3-2-4-10-30;6-4-1-2-5(7)3-4/h16-17,21H,2-15,26H2,1H3,(H,27,33)(H,28,35);14-15,30H,2-13,21H2,1H3,(H,22,26)(H,23,28);1-2H,3H2/t16?,17-,21?;14?,15-;/m00./s1. The van der Waals surface area contributed by atoms with E-state index in [1.54, 1.807) is 13.8 Å². The minimum absolute atomic E-state index is 0.000731. The van der Waals surface area contributed by atoms with Gasteiger partial charge in [-0.1, -0.05) is 26.7 Å². The average Bonchev–Trinajstić information content (AvgIpc) is 4.04. The van der Waals surface area contributed by atoms with E-state index in [0.29, 0.717) is 19.3 Å². The molecular weight excluding hydrogens is 1000 g/mol. The summed E-state index contributed by atoms with van der Waals surface area (Å²) < 4.78 is 0. The van der Waals surface area contributed by atoms with Gasteiger partial charge in [-0.3, -0.25) is 76.9 Å². The Morgan fingerprint density at radius 3 is 1.39 bits per heavy atom. The summed E-state index contributed by atoms with van der Waals surface area (Å²) in [5, 5.41) is 10.3. The van der Waals surface area contributed by atoms with Crippen LogP contribution in [0, 0.1) is 23.7 Å². The van der Waals surface area contributed by atoms with Gasteiger partial charge in [0.05, 0.1) is 29.9 Å². The molecule has 8 amide bonds. The molecule has 3 fully saturated rings. The summed E-state index contributed by atoms with van der Waals surface area (Å²) in [6.07, 6.45) is 8.45. The van der Waals surface area contributed by atoms with E-state index in [0.717, 1.165) is 53.4 Å². The van der Waals surface area contributed by atoms with Crippen LogP contribution in [0.25, 0.3) is 0 Å². The van der Waals surface area contributed by atoms with Crippen LogP contribution < -0.4 is 32.7 Å². The summed E-state index contributed by atoms with van der Waals surface area (Å²) >= 11 is 5.63. The van der Waals surface area contributed by atoms with Crippen molar-refractivity contribution in [3.8, 4) is 0 Å². The Kier molecular flexibility index (Phi) is 31.2. The number of Topliss-reactive ketones (excluding diaryl/α,β-unsaturated/α-hetero) is 4. The third-order valence-electron chi connectivity index (χ3n) is 12.2. The molecule has 4 aliphatic rings. The molecule has 5 atom stereocenters. The van der Waals surface area contributed by atoms with Crippen LogP contribution in [0.15, 0.2) is 12.2 Å². The number of allylic oxidation sites excluding steroid dienone is 2. The number of thiol groups is 1. The minimum atomic E-state index is -0.837. The molecule has 22 nitrogen and oxygen atoms in total. The minimum Gasteiger partial charge on any atom is -0.355 e. The second-order valence-corrected chi connectivity index (χ2v) is 20.4. The van der Waals surface area contributed by atoms with Gasteiger partial charge in [-0.05, 0) is 49.3 Å². The zero-order valence-electron chi connectivity index (χ0n) is 42.8. The molecule has 2 aliphatic carbocycles. The zero-order chi connectivity index (χ0) is 55.2. The van der Waals surface area contributed by atoms with Crippen LogP contribution in [-0.4, -0.2) is 161 Å². The van der Waals surface area contributed by atoms with Crippen molar-refractivity contribution in [2.24, 2.45) is 35.1 Å². The Morgan fingerprint density at radius 2 is 1.04 bits per heavy atom. The van der Waals surface area contributed by atoms with Crippen molar-refractivity contribution in [2.45, 2.75) is 128 Å². The summed E-state index contributed by atoms with van der Waals surface area (Å²) in [5.41, 5.74) is 10.8. The maximum Gasteiger partial charge on any atom is 0.232 e. The van der Waals surface area contributed by atoms with E-state index in [1.165, 1.54) is 23.9 Å². The zero-order valence-corrected chi connectivity index (χ0v) is 44.5. The van der Waals surface area contributed by atoms with Crippen molar-refractivity contribution in [1.82, 2.24) is 31.1 Å². The van der Waals surface area contributed by atoms with Gasteiger partial charge < -0.3 is 32.7 Å². The highest BCUT2D eigenvalue weighted by molar-refractivity contribution is 8.00. The molecule has 0 radical (unpaired) electrons. The molecule has 24 heteroatoms. The number of carbonyl (C=O) groups excluding carboxylic acids is 14. The molecule has 2 saturated heterocycles. The summed E-state index contributed by atoms with van der Waals surface area (Å²) in [6.45, 7) is 4.72. The molecule has 0 aromatic carbocycles. The predicted octanol–water partition coefficient (Wildman–Crippen LogP) is 0.245. The van der Waals surface area contributed by atoms with Crippen LogP contribution in [0.2, 0.25) is 0 Å². The van der Waals surface area contributed by atoms with Crippen molar-refractivity contribution >= 4 is 106 Å². The van der Waals surface area contributed by atoms with Crippen LogP contribution in [0.3, 0.4) is 0 Å². The number of unbranched alkanes of at least 4 members (excludes halogenated alkanes) is 4. The van der Waals surface area contributed by atoms with E-state index in [1.807, 2.05) is 0 Å². The fourth-order valence-corrected chi connectivity index (χ4v) is 9.54. The molecule has 0 bridgehead atoms. The van der Waals surface area contributed by atoms with Gasteiger partial charge in [-0.25, -0.2) is 0 Å². The number of carbonyl (C=O) groups is 14. The summed E-state index contributed by atoms with van der Waals surface area (Å²) in [4.78, 5) is 167. The molecule has 412 valence electrons. The van der Waals surface area contributed by atoms with Crippen LogP contribution in [0.5, 0.6) is 0 Å². The van der Waals surface area contributed by atoms with E-state index < -0.39 is 29.6 Å². The number of imide groups is 2.